The molecule has 0 heterocycles. The third-order valence-electron chi connectivity index (χ3n) is 2.92. The van der Waals surface area contributed by atoms with Crippen LogP contribution in [0, 0.1) is 0 Å². The third kappa shape index (κ3) is 6.64. The molecule has 0 saturated heterocycles. The largest absolute Gasteiger partial charge is 0.494 e. The van der Waals surface area contributed by atoms with Crippen LogP contribution in [0.3, 0.4) is 0 Å². The summed E-state index contributed by atoms with van der Waals surface area (Å²) in [6, 6.07) is 5.76. The fourth-order valence-corrected chi connectivity index (χ4v) is 2.36. The molecule has 1 amide bonds. The van der Waals surface area contributed by atoms with Gasteiger partial charge in [-0.15, -0.1) is 12.4 Å². The van der Waals surface area contributed by atoms with Crippen molar-refractivity contribution in [3.63, 3.8) is 0 Å². The van der Waals surface area contributed by atoms with Crippen molar-refractivity contribution in [3.05, 3.63) is 24.3 Å². The number of rotatable bonds is 7. The van der Waals surface area contributed by atoms with E-state index < -0.39 is 15.9 Å². The number of ether oxygens (including phenoxy) is 1. The highest BCUT2D eigenvalue weighted by molar-refractivity contribution is 7.90. The van der Waals surface area contributed by atoms with Crippen molar-refractivity contribution in [2.75, 3.05) is 26.5 Å². The molecule has 2 N–H and O–H groups in total. The molecule has 1 aromatic carbocycles. The van der Waals surface area contributed by atoms with Gasteiger partial charge in [-0.05, 0) is 37.6 Å². The average Bonchev–Trinajstić information content (AvgIpc) is 2.42. The lowest BCUT2D eigenvalue weighted by molar-refractivity contribution is -0.130. The van der Waals surface area contributed by atoms with Gasteiger partial charge in [0.15, 0.2) is 9.84 Å². The molecule has 0 bridgehead atoms. The van der Waals surface area contributed by atoms with Crippen LogP contribution < -0.4 is 10.5 Å². The number of sulfone groups is 1. The Kier molecular flexibility index (Phi) is 8.44. The molecule has 0 saturated carbocycles. The minimum absolute atomic E-state index is 0. The van der Waals surface area contributed by atoms with Crippen LogP contribution in [0.5, 0.6) is 5.75 Å². The van der Waals surface area contributed by atoms with E-state index in [1.807, 2.05) is 0 Å². The summed E-state index contributed by atoms with van der Waals surface area (Å²) in [5, 5.41) is 0. The molecule has 0 fully saturated rings. The predicted molar refractivity (Wildman–Crippen MR) is 88.2 cm³/mol. The molecule has 0 radical (unpaired) electrons. The van der Waals surface area contributed by atoms with E-state index in [-0.39, 0.29) is 23.2 Å². The predicted octanol–water partition coefficient (Wildman–Crippen LogP) is 1.09. The van der Waals surface area contributed by atoms with E-state index in [1.54, 1.807) is 31.0 Å². The molecule has 126 valence electrons. The van der Waals surface area contributed by atoms with E-state index in [0.717, 1.165) is 6.26 Å². The first-order chi connectivity index (χ1) is 9.71. The lowest BCUT2D eigenvalue weighted by atomic mass is 10.3. The van der Waals surface area contributed by atoms with E-state index in [1.165, 1.54) is 12.1 Å². The zero-order valence-corrected chi connectivity index (χ0v) is 14.6. The van der Waals surface area contributed by atoms with Crippen LogP contribution >= 0.6 is 12.4 Å². The smallest absolute Gasteiger partial charge is 0.238 e. The lowest BCUT2D eigenvalue weighted by Crippen LogP contribution is -2.40. The second-order valence-corrected chi connectivity index (χ2v) is 7.01. The van der Waals surface area contributed by atoms with Crippen LogP contribution in [-0.4, -0.2) is 51.7 Å². The fraction of sp³-hybridized carbons (Fsp3) is 0.500. The van der Waals surface area contributed by atoms with Gasteiger partial charge in [0.1, 0.15) is 5.75 Å². The van der Waals surface area contributed by atoms with Gasteiger partial charge in [-0.2, -0.15) is 0 Å². The summed E-state index contributed by atoms with van der Waals surface area (Å²) >= 11 is 0. The summed E-state index contributed by atoms with van der Waals surface area (Å²) in [5.41, 5.74) is 5.51. The first-order valence-electron chi connectivity index (χ1n) is 6.65. The number of benzene rings is 1. The second-order valence-electron chi connectivity index (χ2n) is 4.99. The molecule has 0 aliphatic rings. The number of carbonyl (C=O) groups excluding carboxylic acids is 1. The highest BCUT2D eigenvalue weighted by Crippen LogP contribution is 2.15. The quantitative estimate of drug-likeness (QED) is 0.743. The minimum Gasteiger partial charge on any atom is -0.494 e. The van der Waals surface area contributed by atoms with Crippen LogP contribution in [0.2, 0.25) is 0 Å². The maximum atomic E-state index is 11.5. The summed E-state index contributed by atoms with van der Waals surface area (Å²) in [6.07, 6.45) is 1.83. The van der Waals surface area contributed by atoms with Gasteiger partial charge in [0, 0.05) is 19.8 Å². The lowest BCUT2D eigenvalue weighted by Gasteiger charge is -2.19. The summed E-state index contributed by atoms with van der Waals surface area (Å²) in [6.45, 7) is 2.65. The van der Waals surface area contributed by atoms with Crippen molar-refractivity contribution in [1.82, 2.24) is 4.90 Å². The highest BCUT2D eigenvalue weighted by atomic mass is 35.5. The SMILES string of the molecule is C[C@H](N)C(=O)N(C)CCCOc1ccc(S(C)(=O)=O)cc1.Cl. The number of hydrogen-bond acceptors (Lipinski definition) is 5. The Bertz CT molecular complexity index is 573. The van der Waals surface area contributed by atoms with Crippen molar-refractivity contribution < 1.29 is 17.9 Å². The Morgan fingerprint density at radius 1 is 1.32 bits per heavy atom. The van der Waals surface area contributed by atoms with Gasteiger partial charge in [-0.25, -0.2) is 8.42 Å². The van der Waals surface area contributed by atoms with Gasteiger partial charge in [0.25, 0.3) is 0 Å². The zero-order chi connectivity index (χ0) is 16.0. The molecule has 1 atom stereocenters. The second kappa shape index (κ2) is 8.97. The van der Waals surface area contributed by atoms with E-state index in [4.69, 9.17) is 10.5 Å². The summed E-state index contributed by atoms with van der Waals surface area (Å²) in [5.74, 6) is 0.496. The van der Waals surface area contributed by atoms with Gasteiger partial charge in [0.2, 0.25) is 5.91 Å². The third-order valence-corrected chi connectivity index (χ3v) is 4.05. The Morgan fingerprint density at radius 2 is 1.86 bits per heavy atom. The van der Waals surface area contributed by atoms with Crippen LogP contribution in [-0.2, 0) is 14.6 Å². The van der Waals surface area contributed by atoms with Crippen molar-refractivity contribution in [3.8, 4) is 5.75 Å². The van der Waals surface area contributed by atoms with Gasteiger partial charge in [-0.1, -0.05) is 0 Å². The van der Waals surface area contributed by atoms with Crippen molar-refractivity contribution in [2.45, 2.75) is 24.3 Å². The Balaban J connectivity index is 0.00000441. The normalized spacial score (nSPS) is 12.2. The van der Waals surface area contributed by atoms with Crippen molar-refractivity contribution in [1.29, 1.82) is 0 Å². The van der Waals surface area contributed by atoms with E-state index in [2.05, 4.69) is 0 Å². The van der Waals surface area contributed by atoms with E-state index in [9.17, 15) is 13.2 Å². The molecule has 0 aromatic heterocycles. The molecular formula is C14H23ClN2O4S. The van der Waals surface area contributed by atoms with E-state index >= 15 is 0 Å². The molecular weight excluding hydrogens is 328 g/mol. The number of nitrogens with zero attached hydrogens (tertiary/aromatic N) is 1. The van der Waals surface area contributed by atoms with Gasteiger partial charge >= 0.3 is 0 Å². The maximum Gasteiger partial charge on any atom is 0.238 e. The number of halogens is 1. The minimum atomic E-state index is -3.19. The number of amides is 1. The average molecular weight is 351 g/mol. The standard InChI is InChI=1S/C14H22N2O4S.ClH/c1-11(15)14(17)16(2)9-4-10-20-12-5-7-13(8-6-12)21(3,18)19;/h5-8,11H,4,9-10,15H2,1-3H3;1H/t11-;/m0./s1. The monoisotopic (exact) mass is 350 g/mol. The van der Waals surface area contributed by atoms with Crippen molar-refractivity contribution in [2.24, 2.45) is 5.73 Å². The Hall–Kier alpha value is -1.31. The van der Waals surface area contributed by atoms with Gasteiger partial charge in [0.05, 0.1) is 17.5 Å². The summed E-state index contributed by atoms with van der Waals surface area (Å²) in [7, 11) is -1.48. The Labute approximate surface area is 138 Å². The van der Waals surface area contributed by atoms with Gasteiger partial charge in [-0.3, -0.25) is 4.79 Å². The molecule has 0 spiro atoms. The summed E-state index contributed by atoms with van der Waals surface area (Å²) in [4.78, 5) is 13.4. The zero-order valence-electron chi connectivity index (χ0n) is 13.0. The van der Waals surface area contributed by atoms with Crippen LogP contribution in [0.25, 0.3) is 0 Å². The topological polar surface area (TPSA) is 89.7 Å². The van der Waals surface area contributed by atoms with Crippen LogP contribution in [0.15, 0.2) is 29.2 Å². The van der Waals surface area contributed by atoms with Crippen LogP contribution in [0.4, 0.5) is 0 Å². The number of nitrogens with two attached hydrogens (primary N) is 1. The first kappa shape index (κ1) is 20.7. The maximum absolute atomic E-state index is 11.5. The fourth-order valence-electron chi connectivity index (χ4n) is 1.73. The molecule has 1 aromatic rings. The Morgan fingerprint density at radius 3 is 2.32 bits per heavy atom. The molecule has 0 aliphatic carbocycles. The highest BCUT2D eigenvalue weighted by Gasteiger charge is 2.12. The molecule has 0 unspecified atom stereocenters. The van der Waals surface area contributed by atoms with Gasteiger partial charge < -0.3 is 15.4 Å². The van der Waals surface area contributed by atoms with Crippen LogP contribution in [0.1, 0.15) is 13.3 Å². The number of hydrogen-bond donors (Lipinski definition) is 1. The number of carbonyl (C=O) groups is 1. The molecule has 1 rings (SSSR count). The van der Waals surface area contributed by atoms with Crippen molar-refractivity contribution >= 4 is 28.2 Å². The van der Waals surface area contributed by atoms with E-state index in [0.29, 0.717) is 25.3 Å². The summed E-state index contributed by atoms with van der Waals surface area (Å²) < 4.78 is 28.1. The first-order valence-corrected chi connectivity index (χ1v) is 8.54. The number of likely N-dealkylation sites (N-methyl/N-ethyl adjacent to an activating group) is 1. The molecule has 8 heteroatoms. The molecule has 6 nitrogen and oxygen atoms in total. The molecule has 0 aliphatic heterocycles. The molecule has 22 heavy (non-hydrogen) atoms.